The normalized spacial score (nSPS) is 16.7. The van der Waals surface area contributed by atoms with Crippen LogP contribution >= 0.6 is 35.0 Å². The monoisotopic (exact) mass is 467 g/mol. The number of amides is 2. The number of benzene rings is 2. The molecular weight excluding hydrogens is 449 g/mol. The third kappa shape index (κ3) is 5.66. The van der Waals surface area contributed by atoms with Crippen LogP contribution in [0.15, 0.2) is 42.5 Å². The summed E-state index contributed by atoms with van der Waals surface area (Å²) in [7, 11) is 0. The first-order chi connectivity index (χ1) is 14.3. The molecule has 7 nitrogen and oxygen atoms in total. The molecule has 1 aliphatic rings. The second-order valence-corrected chi connectivity index (χ2v) is 8.47. The summed E-state index contributed by atoms with van der Waals surface area (Å²) in [6, 6.07) is 10.0. The molecule has 0 unspecified atom stereocenters. The molecule has 0 saturated carbocycles. The predicted octanol–water partition coefficient (Wildman–Crippen LogP) is 3.02. The van der Waals surface area contributed by atoms with Crippen LogP contribution in [-0.4, -0.2) is 46.6 Å². The molecular formula is C20H19Cl2N3O4S. The van der Waals surface area contributed by atoms with Crippen LogP contribution < -0.4 is 16.0 Å². The zero-order valence-corrected chi connectivity index (χ0v) is 18.0. The molecule has 2 atom stereocenters. The van der Waals surface area contributed by atoms with E-state index in [4.69, 9.17) is 23.2 Å². The molecule has 1 saturated heterocycles. The molecule has 0 aromatic heterocycles. The van der Waals surface area contributed by atoms with Gasteiger partial charge in [-0.15, -0.1) is 11.8 Å². The molecule has 3 rings (SSSR count). The smallest absolute Gasteiger partial charge is 0.326 e. The molecule has 30 heavy (non-hydrogen) atoms. The van der Waals surface area contributed by atoms with Gasteiger partial charge in [-0.2, -0.15) is 0 Å². The van der Waals surface area contributed by atoms with Gasteiger partial charge in [0.25, 0.3) is 5.91 Å². The van der Waals surface area contributed by atoms with Crippen molar-refractivity contribution in [1.82, 2.24) is 10.6 Å². The summed E-state index contributed by atoms with van der Waals surface area (Å²) in [6.45, 7) is 0. The van der Waals surface area contributed by atoms with Crippen LogP contribution in [0.5, 0.6) is 0 Å². The fraction of sp³-hybridized carbons (Fsp3) is 0.250. The lowest BCUT2D eigenvalue weighted by Gasteiger charge is -2.17. The Hall–Kier alpha value is -2.26. The van der Waals surface area contributed by atoms with Gasteiger partial charge in [0.15, 0.2) is 0 Å². The first-order valence-corrected chi connectivity index (χ1v) is 10.9. The number of carboxylic acid groups (broad SMARTS) is 1. The van der Waals surface area contributed by atoms with Gasteiger partial charge < -0.3 is 15.7 Å². The van der Waals surface area contributed by atoms with Crippen LogP contribution in [0, 0.1) is 0 Å². The Balaban J connectivity index is 1.63. The SMILES string of the molecule is O=C(Nc1ccc(C[C@H](NC(=O)[C@@H]2CSCN2)C(=O)O)cc1)c1c(Cl)cccc1Cl. The van der Waals surface area contributed by atoms with E-state index in [1.165, 1.54) is 0 Å². The van der Waals surface area contributed by atoms with Crippen molar-refractivity contribution in [1.29, 1.82) is 0 Å². The Labute approximate surface area is 187 Å². The minimum absolute atomic E-state index is 0.117. The van der Waals surface area contributed by atoms with Gasteiger partial charge in [0.1, 0.15) is 6.04 Å². The highest BCUT2D eigenvalue weighted by Gasteiger charge is 2.27. The van der Waals surface area contributed by atoms with Crippen LogP contribution in [-0.2, 0) is 16.0 Å². The molecule has 1 aliphatic heterocycles. The molecule has 10 heteroatoms. The molecule has 4 N–H and O–H groups in total. The maximum absolute atomic E-state index is 12.4. The third-order valence-electron chi connectivity index (χ3n) is 4.49. The topological polar surface area (TPSA) is 108 Å². The number of halogens is 2. The Morgan fingerprint density at radius 2 is 1.80 bits per heavy atom. The summed E-state index contributed by atoms with van der Waals surface area (Å²) in [4.78, 5) is 36.2. The average Bonchev–Trinajstić information content (AvgIpc) is 3.23. The lowest BCUT2D eigenvalue weighted by molar-refractivity contribution is -0.142. The number of hydrogen-bond acceptors (Lipinski definition) is 5. The lowest BCUT2D eigenvalue weighted by Crippen LogP contribution is -2.50. The van der Waals surface area contributed by atoms with Gasteiger partial charge in [0, 0.05) is 23.7 Å². The molecule has 1 heterocycles. The van der Waals surface area contributed by atoms with Crippen molar-refractivity contribution < 1.29 is 19.5 Å². The van der Waals surface area contributed by atoms with Gasteiger partial charge >= 0.3 is 5.97 Å². The molecule has 158 valence electrons. The number of carbonyl (C=O) groups excluding carboxylic acids is 2. The zero-order chi connectivity index (χ0) is 21.7. The van der Waals surface area contributed by atoms with E-state index < -0.39 is 17.9 Å². The van der Waals surface area contributed by atoms with E-state index in [9.17, 15) is 19.5 Å². The van der Waals surface area contributed by atoms with E-state index in [-0.39, 0.29) is 34.0 Å². The molecule has 0 spiro atoms. The van der Waals surface area contributed by atoms with E-state index in [1.54, 1.807) is 54.2 Å². The number of nitrogens with one attached hydrogen (secondary N) is 3. The van der Waals surface area contributed by atoms with Crippen LogP contribution in [0.25, 0.3) is 0 Å². The Kier molecular flexibility index (Phi) is 7.60. The van der Waals surface area contributed by atoms with Gasteiger partial charge in [0.05, 0.1) is 21.7 Å². The summed E-state index contributed by atoms with van der Waals surface area (Å²) in [5.41, 5.74) is 1.38. The fourth-order valence-corrected chi connectivity index (χ4v) is 4.42. The van der Waals surface area contributed by atoms with Crippen LogP contribution in [0.2, 0.25) is 10.0 Å². The van der Waals surface area contributed by atoms with E-state index >= 15 is 0 Å². The number of carbonyl (C=O) groups is 3. The number of rotatable bonds is 7. The third-order valence-corrected chi connectivity index (χ3v) is 6.06. The number of anilines is 1. The van der Waals surface area contributed by atoms with Crippen molar-refractivity contribution in [2.24, 2.45) is 0 Å². The minimum Gasteiger partial charge on any atom is -0.480 e. The number of carboxylic acids is 1. The summed E-state index contributed by atoms with van der Waals surface area (Å²) in [6.07, 6.45) is 0.117. The Morgan fingerprint density at radius 3 is 2.37 bits per heavy atom. The maximum atomic E-state index is 12.4. The van der Waals surface area contributed by atoms with Crippen molar-refractivity contribution in [3.05, 3.63) is 63.6 Å². The average molecular weight is 468 g/mol. The highest BCUT2D eigenvalue weighted by Crippen LogP contribution is 2.25. The molecule has 2 aromatic carbocycles. The van der Waals surface area contributed by atoms with Gasteiger partial charge in [0.2, 0.25) is 5.91 Å². The van der Waals surface area contributed by atoms with E-state index in [1.807, 2.05) is 0 Å². The largest absolute Gasteiger partial charge is 0.480 e. The van der Waals surface area contributed by atoms with E-state index in [2.05, 4.69) is 16.0 Å². The van der Waals surface area contributed by atoms with Crippen LogP contribution in [0.1, 0.15) is 15.9 Å². The van der Waals surface area contributed by atoms with Crippen molar-refractivity contribution in [3.8, 4) is 0 Å². The van der Waals surface area contributed by atoms with Gasteiger partial charge in [-0.1, -0.05) is 41.4 Å². The molecule has 0 aliphatic carbocycles. The number of hydrogen-bond donors (Lipinski definition) is 4. The Bertz CT molecular complexity index is 929. The highest BCUT2D eigenvalue weighted by atomic mass is 35.5. The molecule has 1 fully saturated rings. The molecule has 2 amide bonds. The van der Waals surface area contributed by atoms with Gasteiger partial charge in [-0.05, 0) is 29.8 Å². The van der Waals surface area contributed by atoms with Gasteiger partial charge in [-0.25, -0.2) is 4.79 Å². The van der Waals surface area contributed by atoms with Crippen molar-refractivity contribution in [2.75, 3.05) is 16.9 Å². The highest BCUT2D eigenvalue weighted by molar-refractivity contribution is 7.99. The fourth-order valence-electron chi connectivity index (χ4n) is 2.90. The lowest BCUT2D eigenvalue weighted by atomic mass is 10.0. The summed E-state index contributed by atoms with van der Waals surface area (Å²) in [5.74, 6) is -0.603. The first kappa shape index (κ1) is 22.4. The molecule has 2 aromatic rings. The Morgan fingerprint density at radius 1 is 1.13 bits per heavy atom. The van der Waals surface area contributed by atoms with Gasteiger partial charge in [-0.3, -0.25) is 14.9 Å². The second kappa shape index (κ2) is 10.2. The predicted molar refractivity (Wildman–Crippen MR) is 118 cm³/mol. The standard InChI is InChI=1S/C20H19Cl2N3O4S/c21-13-2-1-3-14(22)17(13)19(27)24-12-6-4-11(5-7-12)8-15(20(28)29)25-18(26)16-9-30-10-23-16/h1-7,15-16,23H,8-10H2,(H,24,27)(H,25,26)(H,28,29)/t15-,16-/m0/s1. The summed E-state index contributed by atoms with van der Waals surface area (Å²) >= 11 is 13.7. The summed E-state index contributed by atoms with van der Waals surface area (Å²) in [5, 5.41) is 18.2. The minimum atomic E-state index is -1.11. The summed E-state index contributed by atoms with van der Waals surface area (Å²) < 4.78 is 0. The first-order valence-electron chi connectivity index (χ1n) is 9.03. The van der Waals surface area contributed by atoms with E-state index in [0.29, 0.717) is 22.9 Å². The molecule has 0 radical (unpaired) electrons. The van der Waals surface area contributed by atoms with Crippen molar-refractivity contribution >= 4 is 58.4 Å². The number of thioether (sulfide) groups is 1. The van der Waals surface area contributed by atoms with Crippen molar-refractivity contribution in [2.45, 2.75) is 18.5 Å². The van der Waals surface area contributed by atoms with Crippen LogP contribution in [0.4, 0.5) is 5.69 Å². The second-order valence-electron chi connectivity index (χ2n) is 6.62. The van der Waals surface area contributed by atoms with E-state index in [0.717, 1.165) is 0 Å². The molecule has 0 bridgehead atoms. The number of aliphatic carboxylic acids is 1. The zero-order valence-electron chi connectivity index (χ0n) is 15.7. The van der Waals surface area contributed by atoms with Crippen LogP contribution in [0.3, 0.4) is 0 Å². The quantitative estimate of drug-likeness (QED) is 0.498. The maximum Gasteiger partial charge on any atom is 0.326 e. The van der Waals surface area contributed by atoms with Crippen molar-refractivity contribution in [3.63, 3.8) is 0 Å².